The van der Waals surface area contributed by atoms with Crippen LogP contribution in [0.1, 0.15) is 26.6 Å². The number of hydrogen-bond donors (Lipinski definition) is 0. The predicted molar refractivity (Wildman–Crippen MR) is 70.0 cm³/mol. The number of aromatic nitrogens is 2. The van der Waals surface area contributed by atoms with Gasteiger partial charge in [-0.25, -0.2) is 0 Å². The van der Waals surface area contributed by atoms with Crippen LogP contribution in [0.2, 0.25) is 5.02 Å². The molecule has 0 spiro atoms. The van der Waals surface area contributed by atoms with Crippen molar-refractivity contribution in [2.45, 2.75) is 20.3 Å². The van der Waals surface area contributed by atoms with Crippen molar-refractivity contribution in [3.63, 3.8) is 0 Å². The van der Waals surface area contributed by atoms with Gasteiger partial charge in [0.2, 0.25) is 0 Å². The fraction of sp³-hybridized carbons (Fsp3) is 0.333. The molecule has 0 atom stereocenters. The van der Waals surface area contributed by atoms with Crippen molar-refractivity contribution < 1.29 is 4.79 Å². The summed E-state index contributed by atoms with van der Waals surface area (Å²) in [7, 11) is 1.81. The highest BCUT2D eigenvalue weighted by atomic mass is 35.5. The topological polar surface area (TPSA) is 34.9 Å². The average Bonchev–Trinajstić information content (AvgIpc) is 2.78. The average molecular weight is 269 g/mol. The molecule has 0 unspecified atom stereocenters. The van der Waals surface area contributed by atoms with Gasteiger partial charge in [-0.15, -0.1) is 11.3 Å². The van der Waals surface area contributed by atoms with E-state index in [0.29, 0.717) is 11.4 Å². The summed E-state index contributed by atoms with van der Waals surface area (Å²) in [5.41, 5.74) is 2.57. The van der Waals surface area contributed by atoms with Gasteiger partial charge in [0.15, 0.2) is 5.78 Å². The molecule has 2 rings (SSSR count). The minimum absolute atomic E-state index is 0.0994. The Balaban J connectivity index is 2.28. The minimum atomic E-state index is 0.0994. The molecule has 0 saturated heterocycles. The van der Waals surface area contributed by atoms with E-state index in [1.807, 2.05) is 32.3 Å². The first kappa shape index (κ1) is 12.3. The second kappa shape index (κ2) is 4.63. The van der Waals surface area contributed by atoms with Crippen molar-refractivity contribution >= 4 is 28.7 Å². The number of carbonyl (C=O) groups is 1. The lowest BCUT2D eigenvalue weighted by Crippen LogP contribution is -2.07. The van der Waals surface area contributed by atoms with Crippen molar-refractivity contribution in [1.29, 1.82) is 0 Å². The fourth-order valence-corrected chi connectivity index (χ4v) is 2.86. The number of halogens is 1. The maximum Gasteiger partial charge on any atom is 0.179 e. The molecule has 5 heteroatoms. The molecule has 2 heterocycles. The Morgan fingerprint density at radius 1 is 1.53 bits per heavy atom. The van der Waals surface area contributed by atoms with Gasteiger partial charge in [0.05, 0.1) is 27.7 Å². The number of hydrogen-bond acceptors (Lipinski definition) is 3. The van der Waals surface area contributed by atoms with E-state index in [1.54, 1.807) is 4.68 Å². The molecule has 0 N–H and O–H groups in total. The molecule has 0 amide bonds. The van der Waals surface area contributed by atoms with Crippen molar-refractivity contribution in [2.24, 2.45) is 7.05 Å². The van der Waals surface area contributed by atoms with Gasteiger partial charge >= 0.3 is 0 Å². The first-order chi connectivity index (χ1) is 8.00. The summed E-state index contributed by atoms with van der Waals surface area (Å²) in [6.45, 7) is 3.78. The zero-order chi connectivity index (χ0) is 12.6. The summed E-state index contributed by atoms with van der Waals surface area (Å²) in [5, 5.41) is 6.73. The molecule has 3 nitrogen and oxygen atoms in total. The Bertz CT molecular complexity index is 571. The smallest absolute Gasteiger partial charge is 0.179 e. The molecule has 2 aromatic heterocycles. The van der Waals surface area contributed by atoms with Gasteiger partial charge < -0.3 is 0 Å². The van der Waals surface area contributed by atoms with Crippen LogP contribution in [0.4, 0.5) is 0 Å². The highest BCUT2D eigenvalue weighted by Crippen LogP contribution is 2.23. The highest BCUT2D eigenvalue weighted by Gasteiger charge is 2.17. The third-order valence-electron chi connectivity index (χ3n) is 2.70. The van der Waals surface area contributed by atoms with Crippen LogP contribution >= 0.6 is 22.9 Å². The number of rotatable bonds is 3. The zero-order valence-electron chi connectivity index (χ0n) is 9.95. The summed E-state index contributed by atoms with van der Waals surface area (Å²) in [6.07, 6.45) is 0.303. The largest absolute Gasteiger partial charge is 0.293 e. The van der Waals surface area contributed by atoms with E-state index in [4.69, 9.17) is 11.6 Å². The van der Waals surface area contributed by atoms with Gasteiger partial charge in [-0.1, -0.05) is 11.6 Å². The van der Waals surface area contributed by atoms with Crippen LogP contribution in [0.25, 0.3) is 0 Å². The van der Waals surface area contributed by atoms with Gasteiger partial charge in [-0.3, -0.25) is 9.48 Å². The van der Waals surface area contributed by atoms with Crippen molar-refractivity contribution in [3.05, 3.63) is 38.3 Å². The lowest BCUT2D eigenvalue weighted by molar-refractivity contribution is 0.0994. The summed E-state index contributed by atoms with van der Waals surface area (Å²) in [4.78, 5) is 12.9. The lowest BCUT2D eigenvalue weighted by atomic mass is 10.1. The molecule has 0 radical (unpaired) electrons. The van der Waals surface area contributed by atoms with Gasteiger partial charge in [-0.05, 0) is 30.9 Å². The molecule has 0 aromatic carbocycles. The fourth-order valence-electron chi connectivity index (χ4n) is 1.76. The summed E-state index contributed by atoms with van der Waals surface area (Å²) < 4.78 is 1.68. The molecule has 2 aromatic rings. The molecule has 0 aliphatic rings. The first-order valence-corrected chi connectivity index (χ1v) is 6.51. The van der Waals surface area contributed by atoms with Crippen LogP contribution in [0.15, 0.2) is 11.4 Å². The summed E-state index contributed by atoms with van der Waals surface area (Å²) in [6, 6.07) is 1.95. The Hall–Kier alpha value is -1.13. The van der Waals surface area contributed by atoms with Crippen LogP contribution in [0.5, 0.6) is 0 Å². The second-order valence-corrected chi connectivity index (χ2v) is 5.30. The molecular formula is C12H13ClN2OS. The molecule has 17 heavy (non-hydrogen) atoms. The van der Waals surface area contributed by atoms with Crippen molar-refractivity contribution in [3.8, 4) is 0 Å². The molecule has 0 fully saturated rings. The number of thiophene rings is 1. The highest BCUT2D eigenvalue weighted by molar-refractivity contribution is 7.12. The van der Waals surface area contributed by atoms with Crippen LogP contribution in [-0.2, 0) is 13.5 Å². The van der Waals surface area contributed by atoms with Crippen molar-refractivity contribution in [2.75, 3.05) is 0 Å². The van der Waals surface area contributed by atoms with E-state index in [0.717, 1.165) is 21.8 Å². The Kier molecular flexibility index (Phi) is 3.35. The lowest BCUT2D eigenvalue weighted by Gasteiger charge is -2.02. The maximum absolute atomic E-state index is 12.1. The quantitative estimate of drug-likeness (QED) is 0.802. The van der Waals surface area contributed by atoms with Crippen LogP contribution in [0, 0.1) is 13.8 Å². The Morgan fingerprint density at radius 2 is 2.24 bits per heavy atom. The maximum atomic E-state index is 12.1. The molecule has 0 aliphatic heterocycles. The predicted octanol–water partition coefficient (Wildman–Crippen LogP) is 3.18. The number of carbonyl (C=O) groups excluding carboxylic acids is 1. The molecule has 0 aliphatic carbocycles. The Morgan fingerprint density at radius 3 is 2.71 bits per heavy atom. The SMILES string of the molecule is Cc1ccsc1C(=O)Cc1c(Cl)c(C)nn1C. The standard InChI is InChI=1S/C12H13ClN2OS/c1-7-4-5-17-12(7)10(16)6-9-11(13)8(2)14-15(9)3/h4-5H,6H2,1-3H3. The minimum Gasteiger partial charge on any atom is -0.293 e. The van der Waals surface area contributed by atoms with Gasteiger partial charge in [0, 0.05) is 7.05 Å². The number of Topliss-reactive ketones (excluding diaryl/α,β-unsaturated/α-hetero) is 1. The summed E-state index contributed by atoms with van der Waals surface area (Å²) >= 11 is 7.60. The van der Waals surface area contributed by atoms with Crippen LogP contribution in [0.3, 0.4) is 0 Å². The second-order valence-electron chi connectivity index (χ2n) is 4.00. The molecule has 90 valence electrons. The van der Waals surface area contributed by atoms with Gasteiger partial charge in [0.25, 0.3) is 0 Å². The van der Waals surface area contributed by atoms with E-state index < -0.39 is 0 Å². The Labute approximate surface area is 109 Å². The normalized spacial score (nSPS) is 10.8. The zero-order valence-corrected chi connectivity index (χ0v) is 11.5. The first-order valence-electron chi connectivity index (χ1n) is 5.26. The van der Waals surface area contributed by atoms with E-state index in [-0.39, 0.29) is 5.78 Å². The van der Waals surface area contributed by atoms with E-state index in [1.165, 1.54) is 11.3 Å². The molecule has 0 saturated carbocycles. The van der Waals surface area contributed by atoms with E-state index >= 15 is 0 Å². The summed E-state index contributed by atoms with van der Waals surface area (Å²) in [5.74, 6) is 0.0994. The molecular weight excluding hydrogens is 256 g/mol. The van der Waals surface area contributed by atoms with Gasteiger partial charge in [-0.2, -0.15) is 5.10 Å². The van der Waals surface area contributed by atoms with E-state index in [2.05, 4.69) is 5.10 Å². The third kappa shape index (κ3) is 2.28. The monoisotopic (exact) mass is 268 g/mol. The number of aryl methyl sites for hydroxylation is 3. The number of ketones is 1. The van der Waals surface area contributed by atoms with E-state index in [9.17, 15) is 4.79 Å². The van der Waals surface area contributed by atoms with Crippen LogP contribution < -0.4 is 0 Å². The van der Waals surface area contributed by atoms with Crippen molar-refractivity contribution in [1.82, 2.24) is 9.78 Å². The number of nitrogens with zero attached hydrogens (tertiary/aromatic N) is 2. The van der Waals surface area contributed by atoms with Crippen LogP contribution in [-0.4, -0.2) is 15.6 Å². The molecule has 0 bridgehead atoms. The van der Waals surface area contributed by atoms with Gasteiger partial charge in [0.1, 0.15) is 0 Å². The third-order valence-corrected chi connectivity index (χ3v) is 4.25.